The molecule has 0 aromatic carbocycles. The van der Waals surface area contributed by atoms with Crippen LogP contribution in [-0.4, -0.2) is 17.2 Å². The van der Waals surface area contributed by atoms with E-state index >= 15 is 0 Å². The number of nitrogens with two attached hydrogens (primary N) is 1. The number of carbonyl (C=O) groups is 1. The number of nitrogens with zero attached hydrogens (tertiary/aromatic N) is 1. The third-order valence-electron chi connectivity index (χ3n) is 1.45. The van der Waals surface area contributed by atoms with Gasteiger partial charge in [0.2, 0.25) is 0 Å². The molecule has 74 valence electrons. The van der Waals surface area contributed by atoms with E-state index < -0.39 is 12.2 Å². The van der Waals surface area contributed by atoms with Crippen LogP contribution in [0.5, 0.6) is 0 Å². The van der Waals surface area contributed by atoms with E-state index in [0.717, 1.165) is 0 Å². The molecule has 14 heavy (non-hydrogen) atoms. The van der Waals surface area contributed by atoms with E-state index in [1.54, 1.807) is 6.07 Å². The molecule has 1 aromatic rings. The van der Waals surface area contributed by atoms with Crippen molar-refractivity contribution < 1.29 is 9.53 Å². The van der Waals surface area contributed by atoms with Crippen LogP contribution in [-0.2, 0) is 4.74 Å². The van der Waals surface area contributed by atoms with Gasteiger partial charge in [-0.2, -0.15) is 0 Å². The van der Waals surface area contributed by atoms with Crippen molar-refractivity contribution in [2.45, 2.75) is 6.23 Å². The van der Waals surface area contributed by atoms with Crippen molar-refractivity contribution in [1.29, 1.82) is 0 Å². The summed E-state index contributed by atoms with van der Waals surface area (Å²) in [6.07, 6.45) is 1.95. The van der Waals surface area contributed by atoms with E-state index in [2.05, 4.69) is 11.6 Å². The van der Waals surface area contributed by atoms with Gasteiger partial charge in [0.1, 0.15) is 5.15 Å². The number of aromatic nitrogens is 1. The Labute approximate surface area is 86.3 Å². The molecule has 2 N–H and O–H groups in total. The normalized spacial score (nSPS) is 11.9. The molecule has 5 heteroatoms. The SMILES string of the molecule is C=CC(N)OC(=O)c1cccnc1Cl. The van der Waals surface area contributed by atoms with Crippen molar-refractivity contribution in [2.24, 2.45) is 5.73 Å². The minimum absolute atomic E-state index is 0.0914. The van der Waals surface area contributed by atoms with Gasteiger partial charge in [0.15, 0.2) is 6.23 Å². The van der Waals surface area contributed by atoms with E-state index in [1.165, 1.54) is 18.3 Å². The third kappa shape index (κ3) is 2.55. The average molecular weight is 213 g/mol. The lowest BCUT2D eigenvalue weighted by molar-refractivity contribution is 0.0406. The molecule has 0 bridgehead atoms. The van der Waals surface area contributed by atoms with Gasteiger partial charge in [0.05, 0.1) is 5.56 Å². The van der Waals surface area contributed by atoms with Crippen LogP contribution in [0.3, 0.4) is 0 Å². The maximum absolute atomic E-state index is 11.4. The quantitative estimate of drug-likeness (QED) is 0.356. The number of rotatable bonds is 3. The van der Waals surface area contributed by atoms with Crippen LogP contribution >= 0.6 is 11.6 Å². The number of carbonyl (C=O) groups excluding carboxylic acids is 1. The van der Waals surface area contributed by atoms with E-state index in [9.17, 15) is 4.79 Å². The fraction of sp³-hybridized carbons (Fsp3) is 0.111. The van der Waals surface area contributed by atoms with Gasteiger partial charge in [-0.25, -0.2) is 9.78 Å². The fourth-order valence-electron chi connectivity index (χ4n) is 0.773. The molecule has 0 fully saturated rings. The molecular weight excluding hydrogens is 204 g/mol. The second-order valence-corrected chi connectivity index (χ2v) is 2.81. The van der Waals surface area contributed by atoms with Crippen LogP contribution < -0.4 is 5.73 Å². The van der Waals surface area contributed by atoms with E-state index in [1.807, 2.05) is 0 Å². The van der Waals surface area contributed by atoms with Gasteiger partial charge in [0.25, 0.3) is 0 Å². The predicted molar refractivity (Wildman–Crippen MR) is 52.8 cm³/mol. The molecule has 0 saturated heterocycles. The standard InChI is InChI=1S/C9H9ClN2O2/c1-2-7(11)14-9(13)6-4-3-5-12-8(6)10/h2-5,7H,1,11H2. The number of hydrogen-bond donors (Lipinski definition) is 1. The zero-order valence-corrected chi connectivity index (χ0v) is 8.07. The summed E-state index contributed by atoms with van der Waals surface area (Å²) in [7, 11) is 0. The highest BCUT2D eigenvalue weighted by Crippen LogP contribution is 2.12. The maximum atomic E-state index is 11.4. The summed E-state index contributed by atoms with van der Waals surface area (Å²) < 4.78 is 4.76. The van der Waals surface area contributed by atoms with Crippen molar-refractivity contribution in [2.75, 3.05) is 0 Å². The Kier molecular flexibility index (Phi) is 3.62. The fourth-order valence-corrected chi connectivity index (χ4v) is 0.970. The first-order valence-electron chi connectivity index (χ1n) is 3.84. The first-order valence-corrected chi connectivity index (χ1v) is 4.22. The van der Waals surface area contributed by atoms with Crippen LogP contribution in [0.4, 0.5) is 0 Å². The number of hydrogen-bond acceptors (Lipinski definition) is 4. The Morgan fingerprint density at radius 2 is 2.50 bits per heavy atom. The molecule has 0 spiro atoms. The zero-order valence-electron chi connectivity index (χ0n) is 7.31. The van der Waals surface area contributed by atoms with Gasteiger partial charge < -0.3 is 4.74 Å². The first-order chi connectivity index (χ1) is 6.65. The maximum Gasteiger partial charge on any atom is 0.343 e. The number of ether oxygens (including phenoxy) is 1. The number of pyridine rings is 1. The molecule has 1 heterocycles. The lowest BCUT2D eigenvalue weighted by Crippen LogP contribution is -2.24. The van der Waals surface area contributed by atoms with E-state index in [-0.39, 0.29) is 10.7 Å². The van der Waals surface area contributed by atoms with Gasteiger partial charge in [-0.3, -0.25) is 5.73 Å². The molecule has 0 saturated carbocycles. The van der Waals surface area contributed by atoms with Gasteiger partial charge in [-0.1, -0.05) is 18.2 Å². The van der Waals surface area contributed by atoms with Crippen LogP contribution in [0.2, 0.25) is 5.15 Å². The smallest absolute Gasteiger partial charge is 0.343 e. The average Bonchev–Trinajstić information content (AvgIpc) is 2.18. The van der Waals surface area contributed by atoms with Crippen LogP contribution in [0.15, 0.2) is 31.0 Å². The zero-order chi connectivity index (χ0) is 10.6. The molecule has 0 aliphatic heterocycles. The molecule has 0 aliphatic rings. The summed E-state index contributed by atoms with van der Waals surface area (Å²) in [4.78, 5) is 15.1. The number of esters is 1. The topological polar surface area (TPSA) is 65.2 Å². The molecular formula is C9H9ClN2O2. The summed E-state index contributed by atoms with van der Waals surface area (Å²) in [6.45, 7) is 3.38. The minimum atomic E-state index is -0.834. The van der Waals surface area contributed by atoms with Crippen molar-refractivity contribution in [3.8, 4) is 0 Å². The molecule has 0 radical (unpaired) electrons. The Hall–Kier alpha value is -1.39. The molecule has 4 nitrogen and oxygen atoms in total. The molecule has 1 aromatic heterocycles. The minimum Gasteiger partial charge on any atom is -0.439 e. The highest BCUT2D eigenvalue weighted by atomic mass is 35.5. The Bertz CT molecular complexity index is 354. The summed E-state index contributed by atoms with van der Waals surface area (Å²) in [5.41, 5.74) is 5.52. The van der Waals surface area contributed by atoms with Crippen molar-refractivity contribution in [3.63, 3.8) is 0 Å². The lowest BCUT2D eigenvalue weighted by Gasteiger charge is -2.08. The number of halogens is 1. The van der Waals surface area contributed by atoms with Gasteiger partial charge in [0, 0.05) is 6.20 Å². The summed E-state index contributed by atoms with van der Waals surface area (Å²) in [5.74, 6) is -0.615. The second-order valence-electron chi connectivity index (χ2n) is 2.45. The molecule has 0 amide bonds. The summed E-state index contributed by atoms with van der Waals surface area (Å²) >= 11 is 5.67. The summed E-state index contributed by atoms with van der Waals surface area (Å²) in [6, 6.07) is 3.09. The molecule has 1 unspecified atom stereocenters. The summed E-state index contributed by atoms with van der Waals surface area (Å²) in [5, 5.41) is 0.0914. The Morgan fingerprint density at radius 3 is 3.07 bits per heavy atom. The highest BCUT2D eigenvalue weighted by molar-refractivity contribution is 6.32. The molecule has 1 rings (SSSR count). The van der Waals surface area contributed by atoms with E-state index in [4.69, 9.17) is 22.1 Å². The van der Waals surface area contributed by atoms with E-state index in [0.29, 0.717) is 0 Å². The first kappa shape index (κ1) is 10.7. The van der Waals surface area contributed by atoms with Crippen LogP contribution in [0.25, 0.3) is 0 Å². The highest BCUT2D eigenvalue weighted by Gasteiger charge is 2.13. The molecule has 1 atom stereocenters. The lowest BCUT2D eigenvalue weighted by atomic mass is 10.3. The molecule has 0 aliphatic carbocycles. The third-order valence-corrected chi connectivity index (χ3v) is 1.76. The van der Waals surface area contributed by atoms with Crippen LogP contribution in [0.1, 0.15) is 10.4 Å². The van der Waals surface area contributed by atoms with Gasteiger partial charge in [-0.05, 0) is 18.2 Å². The van der Waals surface area contributed by atoms with Crippen LogP contribution in [0, 0.1) is 0 Å². The predicted octanol–water partition coefficient (Wildman–Crippen LogP) is 1.36. The Morgan fingerprint density at radius 1 is 1.79 bits per heavy atom. The monoisotopic (exact) mass is 212 g/mol. The van der Waals surface area contributed by atoms with Gasteiger partial charge in [-0.15, -0.1) is 0 Å². The largest absolute Gasteiger partial charge is 0.439 e. The van der Waals surface area contributed by atoms with Crippen molar-refractivity contribution >= 4 is 17.6 Å². The Balaban J connectivity index is 2.80. The van der Waals surface area contributed by atoms with Crippen molar-refractivity contribution in [1.82, 2.24) is 4.98 Å². The van der Waals surface area contributed by atoms with Gasteiger partial charge >= 0.3 is 5.97 Å². The van der Waals surface area contributed by atoms with Crippen molar-refractivity contribution in [3.05, 3.63) is 41.7 Å². The second kappa shape index (κ2) is 4.74.